The third kappa shape index (κ3) is 3.17. The molecule has 1 aromatic heterocycles. The summed E-state index contributed by atoms with van der Waals surface area (Å²) in [7, 11) is -1.78. The Hall–Kier alpha value is -1.02. The van der Waals surface area contributed by atoms with Crippen LogP contribution in [-0.4, -0.2) is 55.2 Å². The number of hydrogen-bond donors (Lipinski definition) is 1. The summed E-state index contributed by atoms with van der Waals surface area (Å²) in [6, 6.07) is 3.57. The first-order valence-electron chi connectivity index (χ1n) is 6.91. The quantitative estimate of drug-likeness (QED) is 0.865. The first kappa shape index (κ1) is 15.4. The smallest absolute Gasteiger partial charge is 0.282 e. The van der Waals surface area contributed by atoms with Crippen LogP contribution in [0.3, 0.4) is 0 Å². The van der Waals surface area contributed by atoms with E-state index in [1.54, 1.807) is 23.7 Å². The Labute approximate surface area is 121 Å². The molecular weight excluding hydrogens is 276 g/mol. The molecule has 1 atom stereocenters. The zero-order valence-electron chi connectivity index (χ0n) is 12.0. The summed E-state index contributed by atoms with van der Waals surface area (Å²) in [4.78, 5) is 4.09. The van der Waals surface area contributed by atoms with Crippen molar-refractivity contribution in [1.29, 1.82) is 0 Å². The fourth-order valence-corrected chi connectivity index (χ4v) is 4.04. The van der Waals surface area contributed by atoms with E-state index < -0.39 is 10.2 Å². The molecule has 0 saturated carbocycles. The molecule has 2 rings (SSSR count). The predicted molar refractivity (Wildman–Crippen MR) is 78.4 cm³/mol. The van der Waals surface area contributed by atoms with Crippen LogP contribution < -0.4 is 5.32 Å². The molecule has 6 nitrogen and oxygen atoms in total. The second kappa shape index (κ2) is 6.62. The van der Waals surface area contributed by atoms with Crippen LogP contribution in [0.25, 0.3) is 0 Å². The van der Waals surface area contributed by atoms with Gasteiger partial charge in [-0.3, -0.25) is 4.98 Å². The molecule has 0 spiro atoms. The summed E-state index contributed by atoms with van der Waals surface area (Å²) < 4.78 is 28.3. The summed E-state index contributed by atoms with van der Waals surface area (Å²) >= 11 is 0. The number of rotatable bonds is 5. The zero-order valence-corrected chi connectivity index (χ0v) is 12.8. The van der Waals surface area contributed by atoms with Crippen LogP contribution in [0.1, 0.15) is 24.9 Å². The second-order valence-electron chi connectivity index (χ2n) is 4.95. The van der Waals surface area contributed by atoms with Gasteiger partial charge in [-0.15, -0.1) is 0 Å². The highest BCUT2D eigenvalue weighted by Crippen LogP contribution is 2.25. The topological polar surface area (TPSA) is 65.5 Å². The van der Waals surface area contributed by atoms with Crippen molar-refractivity contribution < 1.29 is 8.42 Å². The van der Waals surface area contributed by atoms with Gasteiger partial charge in [0.05, 0.1) is 6.04 Å². The number of piperazine rings is 1. The molecule has 1 aromatic rings. The molecule has 1 saturated heterocycles. The van der Waals surface area contributed by atoms with Crippen molar-refractivity contribution in [2.45, 2.75) is 19.4 Å². The van der Waals surface area contributed by atoms with Gasteiger partial charge in [-0.05, 0) is 18.1 Å². The van der Waals surface area contributed by atoms with Crippen LogP contribution in [-0.2, 0) is 10.2 Å². The van der Waals surface area contributed by atoms with Crippen LogP contribution in [0, 0.1) is 0 Å². The number of nitrogens with zero attached hydrogens (tertiary/aromatic N) is 3. The van der Waals surface area contributed by atoms with Gasteiger partial charge in [-0.1, -0.05) is 13.0 Å². The summed E-state index contributed by atoms with van der Waals surface area (Å²) in [5.74, 6) is 0. The van der Waals surface area contributed by atoms with Crippen LogP contribution in [0.15, 0.2) is 24.5 Å². The number of nitrogens with one attached hydrogen (secondary N) is 1. The third-order valence-electron chi connectivity index (χ3n) is 3.49. The standard InChI is InChI=1S/C13H22N4O2S/c1-3-8-16(2)20(18,19)17-9-7-15-11-13(17)12-5-4-6-14-10-12/h4-6,10,13,15H,3,7-9,11H2,1-2H3. The van der Waals surface area contributed by atoms with E-state index in [4.69, 9.17) is 0 Å². The molecule has 0 aliphatic carbocycles. The van der Waals surface area contributed by atoms with E-state index in [2.05, 4.69) is 10.3 Å². The Kier molecular flexibility index (Phi) is 5.09. The fourth-order valence-electron chi connectivity index (χ4n) is 2.43. The van der Waals surface area contributed by atoms with Gasteiger partial charge in [-0.25, -0.2) is 0 Å². The van der Waals surface area contributed by atoms with Gasteiger partial charge >= 0.3 is 0 Å². The molecule has 0 amide bonds. The molecule has 0 aromatic carbocycles. The van der Waals surface area contributed by atoms with Crippen molar-refractivity contribution in [2.75, 3.05) is 33.2 Å². The second-order valence-corrected chi connectivity index (χ2v) is 6.93. The molecule has 7 heteroatoms. The Bertz CT molecular complexity index is 520. The lowest BCUT2D eigenvalue weighted by Gasteiger charge is -2.37. The lowest BCUT2D eigenvalue weighted by atomic mass is 10.1. The maximum absolute atomic E-state index is 12.7. The molecule has 2 heterocycles. The fraction of sp³-hybridized carbons (Fsp3) is 0.615. The first-order valence-corrected chi connectivity index (χ1v) is 8.30. The van der Waals surface area contributed by atoms with Gasteiger partial charge in [0.25, 0.3) is 10.2 Å². The minimum Gasteiger partial charge on any atom is -0.313 e. The van der Waals surface area contributed by atoms with Gasteiger partial charge < -0.3 is 5.32 Å². The van der Waals surface area contributed by atoms with Gasteiger partial charge in [0.1, 0.15) is 0 Å². The van der Waals surface area contributed by atoms with Gasteiger partial charge in [0, 0.05) is 45.6 Å². The normalized spacial score (nSPS) is 21.2. The molecule has 0 bridgehead atoms. The van der Waals surface area contributed by atoms with Crippen LogP contribution in [0.5, 0.6) is 0 Å². The highest BCUT2D eigenvalue weighted by atomic mass is 32.2. The number of pyridine rings is 1. The van der Waals surface area contributed by atoms with Crippen LogP contribution in [0.4, 0.5) is 0 Å². The van der Waals surface area contributed by atoms with E-state index in [1.165, 1.54) is 4.31 Å². The highest BCUT2D eigenvalue weighted by Gasteiger charge is 2.35. The van der Waals surface area contributed by atoms with Crippen molar-refractivity contribution in [3.05, 3.63) is 30.1 Å². The van der Waals surface area contributed by atoms with Crippen molar-refractivity contribution >= 4 is 10.2 Å². The SMILES string of the molecule is CCCN(C)S(=O)(=O)N1CCNCC1c1cccnc1. The molecule has 1 fully saturated rings. The van der Waals surface area contributed by atoms with E-state index in [1.807, 2.05) is 19.1 Å². The first-order chi connectivity index (χ1) is 9.57. The maximum Gasteiger partial charge on any atom is 0.282 e. The van der Waals surface area contributed by atoms with Crippen LogP contribution in [0.2, 0.25) is 0 Å². The lowest BCUT2D eigenvalue weighted by Crippen LogP contribution is -2.52. The van der Waals surface area contributed by atoms with Gasteiger partial charge in [0.15, 0.2) is 0 Å². The Morgan fingerprint density at radius 2 is 2.35 bits per heavy atom. The van der Waals surface area contributed by atoms with Crippen molar-refractivity contribution in [3.8, 4) is 0 Å². The zero-order chi connectivity index (χ0) is 14.6. The van der Waals surface area contributed by atoms with Gasteiger partial charge in [-0.2, -0.15) is 17.0 Å². The Balaban J connectivity index is 2.27. The van der Waals surface area contributed by atoms with E-state index in [0.29, 0.717) is 26.2 Å². The molecule has 1 N–H and O–H groups in total. The largest absolute Gasteiger partial charge is 0.313 e. The van der Waals surface area contributed by atoms with Crippen LogP contribution >= 0.6 is 0 Å². The third-order valence-corrected chi connectivity index (χ3v) is 5.49. The average molecular weight is 298 g/mol. The molecule has 1 aliphatic heterocycles. The van der Waals surface area contributed by atoms with Crippen molar-refractivity contribution in [3.63, 3.8) is 0 Å². The van der Waals surface area contributed by atoms with Crippen molar-refractivity contribution in [2.24, 2.45) is 0 Å². The molecule has 112 valence electrons. The molecule has 0 radical (unpaired) electrons. The van der Waals surface area contributed by atoms with E-state index in [0.717, 1.165) is 12.0 Å². The van der Waals surface area contributed by atoms with E-state index in [9.17, 15) is 8.42 Å². The maximum atomic E-state index is 12.7. The minimum absolute atomic E-state index is 0.193. The summed E-state index contributed by atoms with van der Waals surface area (Å²) in [5.41, 5.74) is 0.924. The number of hydrogen-bond acceptors (Lipinski definition) is 4. The Morgan fingerprint density at radius 1 is 1.55 bits per heavy atom. The highest BCUT2D eigenvalue weighted by molar-refractivity contribution is 7.86. The summed E-state index contributed by atoms with van der Waals surface area (Å²) in [6.45, 7) is 4.28. The molecular formula is C13H22N4O2S. The molecule has 20 heavy (non-hydrogen) atoms. The number of aromatic nitrogens is 1. The lowest BCUT2D eigenvalue weighted by molar-refractivity contribution is 0.252. The Morgan fingerprint density at radius 3 is 3.00 bits per heavy atom. The summed E-state index contributed by atoms with van der Waals surface area (Å²) in [6.07, 6.45) is 4.24. The van der Waals surface area contributed by atoms with Crippen molar-refractivity contribution in [1.82, 2.24) is 18.9 Å². The predicted octanol–water partition coefficient (Wildman–Crippen LogP) is 0.615. The minimum atomic E-state index is -3.42. The molecule has 1 aliphatic rings. The van der Waals surface area contributed by atoms with E-state index in [-0.39, 0.29) is 6.04 Å². The summed E-state index contributed by atoms with van der Waals surface area (Å²) in [5, 5.41) is 3.25. The monoisotopic (exact) mass is 298 g/mol. The molecule has 1 unspecified atom stereocenters. The van der Waals surface area contributed by atoms with E-state index >= 15 is 0 Å². The average Bonchev–Trinajstić information content (AvgIpc) is 2.48. The van der Waals surface area contributed by atoms with Gasteiger partial charge in [0.2, 0.25) is 0 Å².